The molecule has 4 nitrogen and oxygen atoms in total. The van der Waals surface area contributed by atoms with Crippen molar-refractivity contribution < 1.29 is 8.78 Å². The minimum Gasteiger partial charge on any atom is -0.370 e. The summed E-state index contributed by atoms with van der Waals surface area (Å²) in [4.78, 5) is 11.0. The number of nitrogens with zero attached hydrogens (tertiary/aromatic N) is 3. The first-order valence-electron chi connectivity index (χ1n) is 16.3. The zero-order valence-electron chi connectivity index (χ0n) is 25.8. The Hall–Kier alpha value is -2.34. The summed E-state index contributed by atoms with van der Waals surface area (Å²) >= 11 is 0. The third-order valence-corrected chi connectivity index (χ3v) is 8.38. The molecular weight excluding hydrogens is 514 g/mol. The average molecular weight is 569 g/mol. The predicted octanol–water partition coefficient (Wildman–Crippen LogP) is 9.35. The van der Waals surface area contributed by atoms with Crippen LogP contribution in [0.5, 0.6) is 0 Å². The van der Waals surface area contributed by atoms with Gasteiger partial charge in [0.05, 0.1) is 18.9 Å². The van der Waals surface area contributed by atoms with Crippen molar-refractivity contribution in [2.75, 3.05) is 31.6 Å². The Kier molecular flexibility index (Phi) is 15.3. The van der Waals surface area contributed by atoms with Crippen LogP contribution < -0.4 is 5.32 Å². The molecule has 2 fully saturated rings. The Morgan fingerprint density at radius 1 is 0.951 bits per heavy atom. The SMILES string of the molecule is C1CCCCCC1.C=C(C)C(c1cncc(F)c1)N1CCCC1.CCc1cc(CCCCCF)nc2c1CCCN2. The minimum atomic E-state index is -0.275. The van der Waals surface area contributed by atoms with Gasteiger partial charge in [-0.3, -0.25) is 14.3 Å². The largest absolute Gasteiger partial charge is 0.370 e. The number of hydrogen-bond acceptors (Lipinski definition) is 4. The minimum absolute atomic E-state index is 0.116. The number of unbranched alkanes of at least 4 members (excludes halogenated alkanes) is 2. The van der Waals surface area contributed by atoms with Crippen molar-refractivity contribution in [3.8, 4) is 0 Å². The number of aryl methyl sites for hydroxylation is 2. The van der Waals surface area contributed by atoms with Crippen LogP contribution in [0, 0.1) is 5.82 Å². The molecule has 3 aliphatic rings. The van der Waals surface area contributed by atoms with E-state index in [0.717, 1.165) is 68.7 Å². The summed E-state index contributed by atoms with van der Waals surface area (Å²) in [6, 6.07) is 3.93. The zero-order chi connectivity index (χ0) is 29.3. The van der Waals surface area contributed by atoms with E-state index in [1.165, 1.54) is 87.2 Å². The summed E-state index contributed by atoms with van der Waals surface area (Å²) in [5.74, 6) is 0.823. The average Bonchev–Trinajstić information content (AvgIpc) is 3.33. The first kappa shape index (κ1) is 33.2. The van der Waals surface area contributed by atoms with Gasteiger partial charge in [0.15, 0.2) is 0 Å². The molecule has 1 unspecified atom stereocenters. The maximum atomic E-state index is 13.2. The molecule has 2 aromatic heterocycles. The van der Waals surface area contributed by atoms with Crippen LogP contribution in [0.2, 0.25) is 0 Å². The van der Waals surface area contributed by atoms with Gasteiger partial charge in [-0.1, -0.05) is 70.4 Å². The van der Waals surface area contributed by atoms with E-state index in [1.54, 1.807) is 12.3 Å². The van der Waals surface area contributed by atoms with Gasteiger partial charge in [0.25, 0.3) is 0 Å². The number of pyridine rings is 2. The predicted molar refractivity (Wildman–Crippen MR) is 169 cm³/mol. The summed E-state index contributed by atoms with van der Waals surface area (Å²) in [6.45, 7) is 11.2. The van der Waals surface area contributed by atoms with E-state index in [1.807, 2.05) is 6.92 Å². The highest BCUT2D eigenvalue weighted by atomic mass is 19.1. The topological polar surface area (TPSA) is 41.1 Å². The number of aromatic nitrogens is 2. The number of anilines is 1. The lowest BCUT2D eigenvalue weighted by Crippen LogP contribution is -2.26. The van der Waals surface area contributed by atoms with E-state index in [4.69, 9.17) is 4.98 Å². The number of likely N-dealkylation sites (tertiary alicyclic amines) is 1. The summed E-state index contributed by atoms with van der Waals surface area (Å²) in [6.07, 6.45) is 23.0. The maximum absolute atomic E-state index is 13.2. The van der Waals surface area contributed by atoms with Gasteiger partial charge >= 0.3 is 0 Å². The molecular formula is C35H54F2N4. The standard InChI is InChI=1S/C15H23FN2.C13H17FN2.C7H14/c1-2-12-11-13(7-4-3-5-9-16)18-15-14(12)8-6-10-17-15;1-10(2)13(16-5-3-4-6-16)11-7-12(14)9-15-8-11;1-2-4-6-7-5-3-1/h11H,2-10H2,1H3,(H,17,18);7-9,13H,1,3-6H2,2H3;1-7H2. The molecule has 1 N–H and O–H groups in total. The van der Waals surface area contributed by atoms with Crippen LogP contribution in [0.4, 0.5) is 14.6 Å². The molecule has 0 bridgehead atoms. The number of rotatable bonds is 9. The van der Waals surface area contributed by atoms with Crippen molar-refractivity contribution >= 4 is 5.82 Å². The molecule has 0 aromatic carbocycles. The van der Waals surface area contributed by atoms with E-state index < -0.39 is 0 Å². The maximum Gasteiger partial charge on any atom is 0.141 e. The second kappa shape index (κ2) is 19.0. The number of halogens is 2. The molecule has 6 heteroatoms. The lowest BCUT2D eigenvalue weighted by molar-refractivity contribution is 0.276. The Bertz CT molecular complexity index is 998. The lowest BCUT2D eigenvalue weighted by Gasteiger charge is -2.28. The van der Waals surface area contributed by atoms with Gasteiger partial charge in [0, 0.05) is 18.4 Å². The van der Waals surface area contributed by atoms with Gasteiger partial charge in [-0.25, -0.2) is 9.37 Å². The Labute approximate surface area is 248 Å². The van der Waals surface area contributed by atoms with E-state index >= 15 is 0 Å². The van der Waals surface area contributed by atoms with Crippen LogP contribution >= 0.6 is 0 Å². The van der Waals surface area contributed by atoms with Crippen LogP contribution in [0.25, 0.3) is 0 Å². The Morgan fingerprint density at radius 2 is 1.63 bits per heavy atom. The zero-order valence-corrected chi connectivity index (χ0v) is 25.8. The molecule has 1 aliphatic carbocycles. The third kappa shape index (κ3) is 11.5. The second-order valence-corrected chi connectivity index (χ2v) is 11.9. The first-order chi connectivity index (χ1) is 20.0. The van der Waals surface area contributed by atoms with Gasteiger partial charge in [0.1, 0.15) is 11.6 Å². The van der Waals surface area contributed by atoms with Crippen LogP contribution in [0.3, 0.4) is 0 Å². The highest BCUT2D eigenvalue weighted by molar-refractivity contribution is 5.51. The smallest absolute Gasteiger partial charge is 0.141 e. The summed E-state index contributed by atoms with van der Waals surface area (Å²) in [7, 11) is 0. The van der Waals surface area contributed by atoms with Crippen molar-refractivity contribution in [3.05, 3.63) is 64.9 Å². The molecule has 1 saturated carbocycles. The second-order valence-electron chi connectivity index (χ2n) is 11.9. The first-order valence-corrected chi connectivity index (χ1v) is 16.3. The van der Waals surface area contributed by atoms with E-state index in [0.29, 0.717) is 6.42 Å². The van der Waals surface area contributed by atoms with Crippen molar-refractivity contribution in [1.82, 2.24) is 14.9 Å². The van der Waals surface area contributed by atoms with E-state index in [-0.39, 0.29) is 18.5 Å². The van der Waals surface area contributed by atoms with Gasteiger partial charge in [-0.05, 0) is 100 Å². The lowest BCUT2D eigenvalue weighted by atomic mass is 9.97. The molecule has 2 aromatic rings. The molecule has 5 rings (SSSR count). The molecule has 1 atom stereocenters. The quantitative estimate of drug-likeness (QED) is 0.186. The number of hydrogen-bond donors (Lipinski definition) is 1. The Balaban J connectivity index is 0.000000184. The normalized spacial score (nSPS) is 17.6. The van der Waals surface area contributed by atoms with Crippen LogP contribution in [-0.4, -0.2) is 41.2 Å². The fourth-order valence-corrected chi connectivity index (χ4v) is 6.22. The number of fused-ring (bicyclic) bond motifs is 1. The molecule has 41 heavy (non-hydrogen) atoms. The van der Waals surface area contributed by atoms with Crippen molar-refractivity contribution in [1.29, 1.82) is 0 Å². The third-order valence-electron chi connectivity index (χ3n) is 8.38. The highest BCUT2D eigenvalue weighted by Gasteiger charge is 2.24. The van der Waals surface area contributed by atoms with Crippen LogP contribution in [-0.2, 0) is 19.3 Å². The molecule has 228 valence electrons. The van der Waals surface area contributed by atoms with Gasteiger partial charge < -0.3 is 5.32 Å². The fourth-order valence-electron chi connectivity index (χ4n) is 6.22. The van der Waals surface area contributed by atoms with Gasteiger partial charge in [-0.2, -0.15) is 0 Å². The summed E-state index contributed by atoms with van der Waals surface area (Å²) < 4.78 is 25.2. The molecule has 4 heterocycles. The van der Waals surface area contributed by atoms with Gasteiger partial charge in [0.2, 0.25) is 0 Å². The van der Waals surface area contributed by atoms with Crippen LogP contribution in [0.15, 0.2) is 36.7 Å². The fraction of sp³-hybridized carbons (Fsp3) is 0.657. The number of nitrogens with one attached hydrogen (secondary N) is 1. The summed E-state index contributed by atoms with van der Waals surface area (Å²) in [5.41, 5.74) is 5.98. The van der Waals surface area contributed by atoms with E-state index in [2.05, 4.69) is 34.8 Å². The highest BCUT2D eigenvalue weighted by Crippen LogP contribution is 2.30. The van der Waals surface area contributed by atoms with Gasteiger partial charge in [-0.15, -0.1) is 0 Å². The van der Waals surface area contributed by atoms with E-state index in [9.17, 15) is 8.78 Å². The number of alkyl halides is 1. The van der Waals surface area contributed by atoms with Crippen molar-refractivity contribution in [3.63, 3.8) is 0 Å². The van der Waals surface area contributed by atoms with Crippen molar-refractivity contribution in [2.45, 2.75) is 123 Å². The molecule has 0 amide bonds. The molecule has 0 spiro atoms. The molecule has 2 aliphatic heterocycles. The van der Waals surface area contributed by atoms with Crippen molar-refractivity contribution in [2.24, 2.45) is 0 Å². The Morgan fingerprint density at radius 3 is 2.22 bits per heavy atom. The monoisotopic (exact) mass is 568 g/mol. The molecule has 0 radical (unpaired) electrons. The molecule has 1 saturated heterocycles. The summed E-state index contributed by atoms with van der Waals surface area (Å²) in [5, 5.41) is 3.41. The van der Waals surface area contributed by atoms with Crippen LogP contribution in [0.1, 0.15) is 126 Å².